The number of hydrogen-bond donors (Lipinski definition) is 1. The number of primary amides is 1. The van der Waals surface area contributed by atoms with Gasteiger partial charge in [-0.1, -0.05) is 84.5 Å². The Morgan fingerprint density at radius 3 is 1.70 bits per heavy atom. The van der Waals surface area contributed by atoms with E-state index < -0.39 is 0 Å². The minimum atomic E-state index is -0.123. The Bertz CT molecular complexity index is 215. The van der Waals surface area contributed by atoms with E-state index in [1.165, 1.54) is 83.5 Å². The Kier molecular flexibility index (Phi) is 14.5. The summed E-state index contributed by atoms with van der Waals surface area (Å²) in [5.41, 5.74) is 5.34. The molecule has 0 aliphatic carbocycles. The molecule has 0 aromatic heterocycles. The average molecular weight is 283 g/mol. The highest BCUT2D eigenvalue weighted by molar-refractivity contribution is 5.73. The molecule has 1 unspecified atom stereocenters. The lowest BCUT2D eigenvalue weighted by Gasteiger charge is -2.14. The minimum absolute atomic E-state index is 0.123. The fourth-order valence-electron chi connectivity index (χ4n) is 2.87. The molecule has 1 atom stereocenters. The highest BCUT2D eigenvalue weighted by atomic mass is 16.1. The summed E-state index contributed by atoms with van der Waals surface area (Å²) in [6, 6.07) is 0. The van der Waals surface area contributed by atoms with Crippen LogP contribution < -0.4 is 5.73 Å². The predicted molar refractivity (Wildman–Crippen MR) is 88.7 cm³/mol. The second kappa shape index (κ2) is 14.9. The Labute approximate surface area is 126 Å². The Morgan fingerprint density at radius 2 is 1.20 bits per heavy atom. The molecular formula is C18H37NO. The van der Waals surface area contributed by atoms with E-state index in [9.17, 15) is 4.79 Å². The summed E-state index contributed by atoms with van der Waals surface area (Å²) < 4.78 is 0. The third kappa shape index (κ3) is 13.9. The van der Waals surface area contributed by atoms with E-state index in [2.05, 4.69) is 13.8 Å². The number of amides is 1. The summed E-state index contributed by atoms with van der Waals surface area (Å²) in [6.45, 7) is 4.47. The maximum Gasteiger partial charge on any atom is 0.217 e. The number of unbranched alkanes of at least 4 members (excludes halogenated alkanes) is 9. The summed E-state index contributed by atoms with van der Waals surface area (Å²) >= 11 is 0. The largest absolute Gasteiger partial charge is 0.370 e. The van der Waals surface area contributed by atoms with E-state index in [0.717, 1.165) is 0 Å². The Morgan fingerprint density at radius 1 is 0.750 bits per heavy atom. The van der Waals surface area contributed by atoms with Crippen molar-refractivity contribution in [2.75, 3.05) is 0 Å². The first-order valence-corrected chi connectivity index (χ1v) is 8.99. The van der Waals surface area contributed by atoms with Crippen LogP contribution in [-0.4, -0.2) is 5.91 Å². The number of carbonyl (C=O) groups excluding carboxylic acids is 1. The van der Waals surface area contributed by atoms with Crippen molar-refractivity contribution in [2.24, 2.45) is 11.7 Å². The van der Waals surface area contributed by atoms with E-state index in [1.54, 1.807) is 0 Å². The van der Waals surface area contributed by atoms with Gasteiger partial charge in [-0.15, -0.1) is 0 Å². The van der Waals surface area contributed by atoms with Crippen molar-refractivity contribution >= 4 is 5.91 Å². The van der Waals surface area contributed by atoms with Crippen LogP contribution >= 0.6 is 0 Å². The van der Waals surface area contributed by atoms with Gasteiger partial charge >= 0.3 is 0 Å². The molecule has 0 bridgehead atoms. The summed E-state index contributed by atoms with van der Waals surface area (Å²) in [5.74, 6) is 0.416. The van der Waals surface area contributed by atoms with Crippen molar-refractivity contribution in [3.05, 3.63) is 0 Å². The number of nitrogens with two attached hydrogens (primary N) is 1. The summed E-state index contributed by atoms with van der Waals surface area (Å²) in [6.07, 6.45) is 17.7. The molecule has 0 saturated carbocycles. The highest BCUT2D eigenvalue weighted by Gasteiger charge is 2.11. The quantitative estimate of drug-likeness (QED) is 0.391. The normalized spacial score (nSPS) is 12.5. The van der Waals surface area contributed by atoms with Crippen LogP contribution in [0.25, 0.3) is 0 Å². The van der Waals surface area contributed by atoms with Crippen molar-refractivity contribution in [3.8, 4) is 0 Å². The first-order chi connectivity index (χ1) is 9.70. The minimum Gasteiger partial charge on any atom is -0.370 e. The molecule has 20 heavy (non-hydrogen) atoms. The van der Waals surface area contributed by atoms with Gasteiger partial charge in [-0.3, -0.25) is 4.79 Å². The molecule has 0 aliphatic heterocycles. The zero-order valence-electron chi connectivity index (χ0n) is 14.0. The van der Waals surface area contributed by atoms with Crippen molar-refractivity contribution in [1.82, 2.24) is 0 Å². The second-order valence-electron chi connectivity index (χ2n) is 6.30. The zero-order valence-corrected chi connectivity index (χ0v) is 14.0. The van der Waals surface area contributed by atoms with E-state index >= 15 is 0 Å². The van der Waals surface area contributed by atoms with Gasteiger partial charge in [0.05, 0.1) is 0 Å². The van der Waals surface area contributed by atoms with E-state index in [-0.39, 0.29) is 5.91 Å². The predicted octanol–water partition coefficient (Wildman–Crippen LogP) is 5.59. The molecule has 0 spiro atoms. The lowest BCUT2D eigenvalue weighted by atomic mass is 9.92. The van der Waals surface area contributed by atoms with Gasteiger partial charge in [-0.25, -0.2) is 0 Å². The van der Waals surface area contributed by atoms with Crippen LogP contribution in [0.3, 0.4) is 0 Å². The number of carbonyl (C=O) groups is 1. The maximum atomic E-state index is 11.1. The first-order valence-electron chi connectivity index (χ1n) is 8.99. The van der Waals surface area contributed by atoms with Crippen molar-refractivity contribution in [3.63, 3.8) is 0 Å². The SMILES string of the molecule is CCCCCCCCCCCC(CCCC)CC(N)=O. The van der Waals surface area contributed by atoms with Crippen molar-refractivity contribution < 1.29 is 4.79 Å². The first kappa shape index (κ1) is 19.5. The molecule has 0 fully saturated rings. The van der Waals surface area contributed by atoms with Crippen molar-refractivity contribution in [1.29, 1.82) is 0 Å². The van der Waals surface area contributed by atoms with E-state index in [4.69, 9.17) is 5.73 Å². The molecular weight excluding hydrogens is 246 g/mol. The van der Waals surface area contributed by atoms with Crippen LogP contribution in [0.5, 0.6) is 0 Å². The topological polar surface area (TPSA) is 43.1 Å². The van der Waals surface area contributed by atoms with Crippen LogP contribution in [0.2, 0.25) is 0 Å². The van der Waals surface area contributed by atoms with Gasteiger partial charge in [-0.2, -0.15) is 0 Å². The monoisotopic (exact) mass is 283 g/mol. The lowest BCUT2D eigenvalue weighted by molar-refractivity contribution is -0.119. The summed E-state index contributed by atoms with van der Waals surface area (Å²) in [7, 11) is 0. The smallest absolute Gasteiger partial charge is 0.217 e. The van der Waals surface area contributed by atoms with Gasteiger partial charge in [0.25, 0.3) is 0 Å². The molecule has 0 aromatic rings. The van der Waals surface area contributed by atoms with E-state index in [1.807, 2.05) is 0 Å². The Hall–Kier alpha value is -0.530. The van der Waals surface area contributed by atoms with Gasteiger partial charge in [0.2, 0.25) is 5.91 Å². The molecule has 0 radical (unpaired) electrons. The van der Waals surface area contributed by atoms with Gasteiger partial charge in [0.1, 0.15) is 0 Å². The van der Waals surface area contributed by atoms with Crippen LogP contribution in [0.1, 0.15) is 104 Å². The number of rotatable bonds is 15. The molecule has 0 rings (SSSR count). The summed E-state index contributed by atoms with van der Waals surface area (Å²) in [5, 5.41) is 0. The molecule has 2 heteroatoms. The second-order valence-corrected chi connectivity index (χ2v) is 6.30. The molecule has 0 aromatic carbocycles. The van der Waals surface area contributed by atoms with Gasteiger partial charge in [0.15, 0.2) is 0 Å². The molecule has 1 amide bonds. The van der Waals surface area contributed by atoms with Gasteiger partial charge in [0, 0.05) is 6.42 Å². The molecule has 2 nitrogen and oxygen atoms in total. The third-order valence-corrected chi connectivity index (χ3v) is 4.17. The standard InChI is InChI=1S/C18H37NO/c1-3-5-7-8-9-10-11-12-13-15-17(14-6-4-2)16-18(19)20/h17H,3-16H2,1-2H3,(H2,19,20). The van der Waals surface area contributed by atoms with Crippen LogP contribution in [-0.2, 0) is 4.79 Å². The summed E-state index contributed by atoms with van der Waals surface area (Å²) in [4.78, 5) is 11.1. The zero-order chi connectivity index (χ0) is 15.1. The molecule has 2 N–H and O–H groups in total. The van der Waals surface area contributed by atoms with E-state index in [0.29, 0.717) is 12.3 Å². The maximum absolute atomic E-state index is 11.1. The third-order valence-electron chi connectivity index (χ3n) is 4.17. The molecule has 0 heterocycles. The van der Waals surface area contributed by atoms with Gasteiger partial charge < -0.3 is 5.73 Å². The van der Waals surface area contributed by atoms with Crippen LogP contribution in [0, 0.1) is 5.92 Å². The average Bonchev–Trinajstić information content (AvgIpc) is 2.42. The van der Waals surface area contributed by atoms with Crippen LogP contribution in [0.15, 0.2) is 0 Å². The van der Waals surface area contributed by atoms with Crippen LogP contribution in [0.4, 0.5) is 0 Å². The Balaban J connectivity index is 3.45. The fourth-order valence-corrected chi connectivity index (χ4v) is 2.87. The van der Waals surface area contributed by atoms with Gasteiger partial charge in [-0.05, 0) is 18.8 Å². The fraction of sp³-hybridized carbons (Fsp3) is 0.944. The highest BCUT2D eigenvalue weighted by Crippen LogP contribution is 2.20. The molecule has 120 valence electrons. The molecule has 0 saturated heterocycles. The lowest BCUT2D eigenvalue weighted by Crippen LogP contribution is -2.16. The van der Waals surface area contributed by atoms with Crippen molar-refractivity contribution in [2.45, 2.75) is 104 Å². The number of hydrogen-bond acceptors (Lipinski definition) is 1. The molecule has 0 aliphatic rings.